The second-order valence-corrected chi connectivity index (χ2v) is 7.66. The lowest BCUT2D eigenvalue weighted by molar-refractivity contribution is 0.411. The average Bonchev–Trinajstić information content (AvgIpc) is 3.23. The van der Waals surface area contributed by atoms with Crippen molar-refractivity contribution in [3.63, 3.8) is 0 Å². The first-order valence-corrected chi connectivity index (χ1v) is 9.44. The van der Waals surface area contributed by atoms with Gasteiger partial charge in [0.05, 0.1) is 19.5 Å². The topological polar surface area (TPSA) is 99.2 Å². The Morgan fingerprint density at radius 1 is 1.36 bits per heavy atom. The Bertz CT molecular complexity index is 809. The van der Waals surface area contributed by atoms with Gasteiger partial charge in [0, 0.05) is 6.04 Å². The van der Waals surface area contributed by atoms with E-state index in [1.165, 1.54) is 17.1 Å². The molecule has 1 fully saturated rings. The van der Waals surface area contributed by atoms with E-state index in [2.05, 4.69) is 9.82 Å². The Morgan fingerprint density at radius 3 is 2.84 bits per heavy atom. The Hall–Kier alpha value is -1.61. The van der Waals surface area contributed by atoms with Crippen LogP contribution in [0.1, 0.15) is 19.3 Å². The molecule has 0 amide bonds. The number of rotatable bonds is 6. The fraction of sp³-hybridized carbons (Fsp3) is 0.438. The Balaban J connectivity index is 0.00000225. The van der Waals surface area contributed by atoms with Crippen molar-refractivity contribution in [2.45, 2.75) is 30.2 Å². The maximum atomic E-state index is 12.6. The molecule has 1 aliphatic rings. The Morgan fingerprint density at radius 2 is 2.12 bits per heavy atom. The second kappa shape index (κ2) is 8.18. The van der Waals surface area contributed by atoms with Gasteiger partial charge in [-0.3, -0.25) is 0 Å². The minimum atomic E-state index is -3.62. The molecular weight excluding hydrogens is 364 g/mol. The van der Waals surface area contributed by atoms with Crippen molar-refractivity contribution < 1.29 is 13.2 Å². The number of hydrogen-bond donors (Lipinski definition) is 2. The highest BCUT2D eigenvalue weighted by Gasteiger charge is 2.31. The van der Waals surface area contributed by atoms with Crippen molar-refractivity contribution in [1.29, 1.82) is 0 Å². The SMILES string of the molecule is COc1ccccc1-n1cc(S(=O)(=O)NC2CCCC2CN)cn1.Cl. The van der Waals surface area contributed by atoms with Crippen LogP contribution in [0.3, 0.4) is 0 Å². The van der Waals surface area contributed by atoms with E-state index in [-0.39, 0.29) is 29.3 Å². The molecule has 2 unspecified atom stereocenters. The second-order valence-electron chi connectivity index (χ2n) is 5.95. The normalized spacial score (nSPS) is 20.2. The zero-order valence-electron chi connectivity index (χ0n) is 14.0. The van der Waals surface area contributed by atoms with Gasteiger partial charge in [0.2, 0.25) is 10.0 Å². The summed E-state index contributed by atoms with van der Waals surface area (Å²) in [5, 5.41) is 4.17. The third-order valence-electron chi connectivity index (χ3n) is 4.47. The lowest BCUT2D eigenvalue weighted by Gasteiger charge is -2.18. The first kappa shape index (κ1) is 19.7. The average molecular weight is 387 g/mol. The van der Waals surface area contributed by atoms with Crippen LogP contribution in [0, 0.1) is 5.92 Å². The van der Waals surface area contributed by atoms with Gasteiger partial charge in [-0.2, -0.15) is 5.10 Å². The maximum absolute atomic E-state index is 12.6. The summed E-state index contributed by atoms with van der Waals surface area (Å²) in [6.45, 7) is 0.494. The number of nitrogens with one attached hydrogen (secondary N) is 1. The van der Waals surface area contributed by atoms with Gasteiger partial charge in [-0.05, 0) is 37.4 Å². The van der Waals surface area contributed by atoms with Crippen LogP contribution in [-0.4, -0.2) is 37.9 Å². The molecule has 2 aromatic rings. The number of aromatic nitrogens is 2. The fourth-order valence-electron chi connectivity index (χ4n) is 3.14. The number of methoxy groups -OCH3 is 1. The van der Waals surface area contributed by atoms with Gasteiger partial charge in [0.25, 0.3) is 0 Å². The summed E-state index contributed by atoms with van der Waals surface area (Å²) in [4.78, 5) is 0.135. The van der Waals surface area contributed by atoms with Crippen molar-refractivity contribution in [3.05, 3.63) is 36.7 Å². The van der Waals surface area contributed by atoms with Crippen LogP contribution < -0.4 is 15.2 Å². The molecule has 0 spiro atoms. The van der Waals surface area contributed by atoms with Crippen LogP contribution >= 0.6 is 12.4 Å². The van der Waals surface area contributed by atoms with Crippen molar-refractivity contribution in [1.82, 2.24) is 14.5 Å². The molecule has 0 aliphatic heterocycles. The summed E-state index contributed by atoms with van der Waals surface area (Å²) in [5.41, 5.74) is 6.41. The van der Waals surface area contributed by atoms with Gasteiger partial charge in [-0.1, -0.05) is 18.6 Å². The third kappa shape index (κ3) is 4.14. The highest BCUT2D eigenvalue weighted by atomic mass is 35.5. The Kier molecular flexibility index (Phi) is 6.45. The zero-order chi connectivity index (χ0) is 17.2. The number of nitrogens with zero attached hydrogens (tertiary/aromatic N) is 2. The van der Waals surface area contributed by atoms with E-state index in [1.54, 1.807) is 13.2 Å². The maximum Gasteiger partial charge on any atom is 0.243 e. The minimum Gasteiger partial charge on any atom is -0.494 e. The molecule has 2 atom stereocenters. The zero-order valence-corrected chi connectivity index (χ0v) is 15.6. The van der Waals surface area contributed by atoms with Gasteiger partial charge in [0.1, 0.15) is 16.3 Å². The number of ether oxygens (including phenoxy) is 1. The molecule has 1 aromatic heterocycles. The molecule has 1 aromatic carbocycles. The monoisotopic (exact) mass is 386 g/mol. The first-order valence-electron chi connectivity index (χ1n) is 7.95. The van der Waals surface area contributed by atoms with Crippen LogP contribution in [0.25, 0.3) is 5.69 Å². The largest absolute Gasteiger partial charge is 0.494 e. The molecule has 0 bridgehead atoms. The van der Waals surface area contributed by atoms with E-state index < -0.39 is 10.0 Å². The predicted octanol–water partition coefficient (Wildman–Crippen LogP) is 1.71. The lowest BCUT2D eigenvalue weighted by Crippen LogP contribution is -2.39. The molecule has 1 aliphatic carbocycles. The van der Waals surface area contributed by atoms with Crippen molar-refractivity contribution >= 4 is 22.4 Å². The highest BCUT2D eigenvalue weighted by molar-refractivity contribution is 7.89. The Labute approximate surface area is 154 Å². The van der Waals surface area contributed by atoms with Crippen LogP contribution in [0.15, 0.2) is 41.6 Å². The van der Waals surface area contributed by atoms with Gasteiger partial charge < -0.3 is 10.5 Å². The third-order valence-corrected chi connectivity index (χ3v) is 5.91. The number of hydrogen-bond acceptors (Lipinski definition) is 5. The summed E-state index contributed by atoms with van der Waals surface area (Å²) in [6.07, 6.45) is 5.62. The number of para-hydroxylation sites is 2. The van der Waals surface area contributed by atoms with Crippen LogP contribution in [0.2, 0.25) is 0 Å². The van der Waals surface area contributed by atoms with Crippen LogP contribution in [-0.2, 0) is 10.0 Å². The smallest absolute Gasteiger partial charge is 0.243 e. The fourth-order valence-corrected chi connectivity index (χ4v) is 4.41. The summed E-state index contributed by atoms with van der Waals surface area (Å²) >= 11 is 0. The molecule has 9 heteroatoms. The number of nitrogens with two attached hydrogens (primary N) is 1. The van der Waals surface area contributed by atoms with Gasteiger partial charge in [0.15, 0.2) is 0 Å². The molecule has 3 rings (SSSR count). The van der Waals surface area contributed by atoms with Gasteiger partial charge >= 0.3 is 0 Å². The highest BCUT2D eigenvalue weighted by Crippen LogP contribution is 2.27. The van der Waals surface area contributed by atoms with Crippen LogP contribution in [0.4, 0.5) is 0 Å². The van der Waals surface area contributed by atoms with Gasteiger partial charge in [-0.15, -0.1) is 12.4 Å². The number of sulfonamides is 1. The van der Waals surface area contributed by atoms with Gasteiger partial charge in [-0.25, -0.2) is 17.8 Å². The molecule has 3 N–H and O–H groups in total. The lowest BCUT2D eigenvalue weighted by atomic mass is 10.1. The summed E-state index contributed by atoms with van der Waals surface area (Å²) in [5.74, 6) is 0.820. The van der Waals surface area contributed by atoms with E-state index >= 15 is 0 Å². The van der Waals surface area contributed by atoms with E-state index in [4.69, 9.17) is 10.5 Å². The van der Waals surface area contributed by atoms with E-state index in [0.29, 0.717) is 18.0 Å². The number of benzene rings is 1. The van der Waals surface area contributed by atoms with Crippen molar-refractivity contribution in [2.75, 3.05) is 13.7 Å². The minimum absolute atomic E-state index is 0. The standard InChI is InChI=1S/C16H22N4O3S.ClH/c1-23-16-8-3-2-7-15(16)20-11-13(10-18-20)24(21,22)19-14-6-4-5-12(14)9-17;/h2-3,7-8,10-12,14,19H,4-6,9,17H2,1H3;1H. The molecule has 0 radical (unpaired) electrons. The predicted molar refractivity (Wildman–Crippen MR) is 97.9 cm³/mol. The molecule has 1 heterocycles. The molecular formula is C16H23ClN4O3S. The van der Waals surface area contributed by atoms with Crippen molar-refractivity contribution in [3.8, 4) is 11.4 Å². The summed E-state index contributed by atoms with van der Waals surface area (Å²) in [6, 6.07) is 7.20. The van der Waals surface area contributed by atoms with Crippen molar-refractivity contribution in [2.24, 2.45) is 11.7 Å². The van der Waals surface area contributed by atoms with Crippen LogP contribution in [0.5, 0.6) is 5.75 Å². The summed E-state index contributed by atoms with van der Waals surface area (Å²) < 4.78 is 34.8. The molecule has 25 heavy (non-hydrogen) atoms. The summed E-state index contributed by atoms with van der Waals surface area (Å²) in [7, 11) is -2.06. The molecule has 1 saturated carbocycles. The van der Waals surface area contributed by atoms with E-state index in [0.717, 1.165) is 19.3 Å². The number of halogens is 1. The molecule has 7 nitrogen and oxygen atoms in total. The first-order chi connectivity index (χ1) is 11.5. The molecule has 0 saturated heterocycles. The van der Waals surface area contributed by atoms with E-state index in [9.17, 15) is 8.42 Å². The quantitative estimate of drug-likeness (QED) is 0.787. The van der Waals surface area contributed by atoms with E-state index in [1.807, 2.05) is 18.2 Å². The molecule has 138 valence electrons.